The number of aromatic amines is 1. The van der Waals surface area contributed by atoms with Crippen LogP contribution < -0.4 is 10.9 Å². The summed E-state index contributed by atoms with van der Waals surface area (Å²) in [6.45, 7) is 3.57. The summed E-state index contributed by atoms with van der Waals surface area (Å²) < 4.78 is 0. The van der Waals surface area contributed by atoms with E-state index in [4.69, 9.17) is 0 Å². The number of hydrogen-bond donors (Lipinski definition) is 2. The van der Waals surface area contributed by atoms with E-state index in [1.165, 1.54) is 25.7 Å². The fourth-order valence-corrected chi connectivity index (χ4v) is 5.06. The molecule has 0 radical (unpaired) electrons. The second kappa shape index (κ2) is 9.11. The molecule has 1 aromatic carbocycles. The van der Waals surface area contributed by atoms with Gasteiger partial charge in [-0.25, -0.2) is 0 Å². The molecule has 28 heavy (non-hydrogen) atoms. The van der Waals surface area contributed by atoms with Crippen molar-refractivity contribution in [3.8, 4) is 6.07 Å². The summed E-state index contributed by atoms with van der Waals surface area (Å²) in [5.41, 5.74) is 2.85. The number of aryl methyl sites for hydroxylation is 1. The quantitative estimate of drug-likeness (QED) is 0.756. The molecule has 2 N–H and O–H groups in total. The van der Waals surface area contributed by atoms with E-state index in [-0.39, 0.29) is 17.0 Å². The molecule has 1 aliphatic carbocycles. The normalized spacial score (nSPS) is 14.0. The SMILES string of the molecule is Cc1[nH]c(=O)c(C#N)c(C)c1CCC(=O)Nc1ccccc1SC1CCCC1. The minimum absolute atomic E-state index is 0.0667. The predicted molar refractivity (Wildman–Crippen MR) is 113 cm³/mol. The van der Waals surface area contributed by atoms with Crippen molar-refractivity contribution in [3.63, 3.8) is 0 Å². The van der Waals surface area contributed by atoms with Gasteiger partial charge in [-0.3, -0.25) is 9.59 Å². The zero-order valence-electron chi connectivity index (χ0n) is 16.3. The van der Waals surface area contributed by atoms with E-state index >= 15 is 0 Å². The van der Waals surface area contributed by atoms with Crippen LogP contribution in [0.4, 0.5) is 5.69 Å². The van der Waals surface area contributed by atoms with Crippen molar-refractivity contribution < 1.29 is 4.79 Å². The third-order valence-corrected chi connectivity index (χ3v) is 6.69. The summed E-state index contributed by atoms with van der Waals surface area (Å²) in [6.07, 6.45) is 5.81. The minimum Gasteiger partial charge on any atom is -0.325 e. The Morgan fingerprint density at radius 3 is 2.71 bits per heavy atom. The van der Waals surface area contributed by atoms with Crippen molar-refractivity contribution in [2.45, 2.75) is 62.5 Å². The van der Waals surface area contributed by atoms with Crippen LogP contribution in [0.3, 0.4) is 0 Å². The van der Waals surface area contributed by atoms with Gasteiger partial charge >= 0.3 is 0 Å². The van der Waals surface area contributed by atoms with Crippen LogP contribution in [-0.2, 0) is 11.2 Å². The molecule has 0 unspecified atom stereocenters. The Hall–Kier alpha value is -2.52. The van der Waals surface area contributed by atoms with Crippen molar-refractivity contribution in [1.29, 1.82) is 5.26 Å². The Kier molecular flexibility index (Phi) is 6.58. The standard InChI is InChI=1S/C22H25N3O2S/c1-14-17(15(2)24-22(27)18(14)13-23)11-12-21(26)25-19-9-5-6-10-20(19)28-16-7-3-4-8-16/h5-6,9-10,16H,3-4,7-8,11-12H2,1-2H3,(H,24,27)(H,25,26). The van der Waals surface area contributed by atoms with E-state index < -0.39 is 0 Å². The molecular formula is C22H25N3O2S. The molecule has 146 valence electrons. The van der Waals surface area contributed by atoms with Gasteiger partial charge in [0.05, 0.1) is 5.69 Å². The smallest absolute Gasteiger partial charge is 0.266 e. The first kappa shape index (κ1) is 20.2. The zero-order chi connectivity index (χ0) is 20.1. The monoisotopic (exact) mass is 395 g/mol. The first-order chi connectivity index (χ1) is 13.5. The number of amides is 1. The molecule has 1 aromatic heterocycles. The molecule has 1 aliphatic rings. The first-order valence-corrected chi connectivity index (χ1v) is 10.6. The molecule has 5 nitrogen and oxygen atoms in total. The maximum Gasteiger partial charge on any atom is 0.266 e. The Labute approximate surface area is 169 Å². The van der Waals surface area contributed by atoms with Crippen molar-refractivity contribution in [3.05, 3.63) is 57.0 Å². The molecule has 0 saturated heterocycles. The Morgan fingerprint density at radius 1 is 1.29 bits per heavy atom. The van der Waals surface area contributed by atoms with Crippen LogP contribution in [0.5, 0.6) is 0 Å². The molecule has 0 bridgehead atoms. The van der Waals surface area contributed by atoms with Gasteiger partial charge in [0.2, 0.25) is 5.91 Å². The number of benzene rings is 1. The highest BCUT2D eigenvalue weighted by Crippen LogP contribution is 2.38. The maximum atomic E-state index is 12.6. The highest BCUT2D eigenvalue weighted by molar-refractivity contribution is 8.00. The van der Waals surface area contributed by atoms with Gasteiger partial charge in [-0.05, 0) is 56.4 Å². The van der Waals surface area contributed by atoms with Crippen LogP contribution in [0.25, 0.3) is 0 Å². The zero-order valence-corrected chi connectivity index (χ0v) is 17.1. The molecule has 0 atom stereocenters. The molecule has 2 aromatic rings. The lowest BCUT2D eigenvalue weighted by Crippen LogP contribution is -2.18. The van der Waals surface area contributed by atoms with E-state index in [9.17, 15) is 14.9 Å². The summed E-state index contributed by atoms with van der Waals surface area (Å²) >= 11 is 1.86. The van der Waals surface area contributed by atoms with Gasteiger partial charge in [-0.1, -0.05) is 25.0 Å². The van der Waals surface area contributed by atoms with Crippen molar-refractivity contribution >= 4 is 23.4 Å². The number of H-pyrrole nitrogens is 1. The second-order valence-corrected chi connectivity index (χ2v) is 8.58. The van der Waals surface area contributed by atoms with E-state index in [0.29, 0.717) is 29.3 Å². The Balaban J connectivity index is 1.67. The molecule has 1 amide bonds. The number of hydrogen-bond acceptors (Lipinski definition) is 4. The largest absolute Gasteiger partial charge is 0.325 e. The van der Waals surface area contributed by atoms with Crippen LogP contribution in [0.2, 0.25) is 0 Å². The molecule has 6 heteroatoms. The highest BCUT2D eigenvalue weighted by atomic mass is 32.2. The van der Waals surface area contributed by atoms with E-state index in [2.05, 4.69) is 16.4 Å². The van der Waals surface area contributed by atoms with Crippen molar-refractivity contribution in [2.24, 2.45) is 0 Å². The number of nitrogens with one attached hydrogen (secondary N) is 2. The lowest BCUT2D eigenvalue weighted by atomic mass is 9.99. The number of aromatic nitrogens is 1. The van der Waals surface area contributed by atoms with E-state index in [1.807, 2.05) is 36.0 Å². The molecule has 3 rings (SSSR count). The second-order valence-electron chi connectivity index (χ2n) is 7.24. The van der Waals surface area contributed by atoms with Crippen LogP contribution in [0, 0.1) is 25.2 Å². The summed E-state index contributed by atoms with van der Waals surface area (Å²) in [6, 6.07) is 9.90. The summed E-state index contributed by atoms with van der Waals surface area (Å²) in [4.78, 5) is 28.2. The maximum absolute atomic E-state index is 12.6. The van der Waals surface area contributed by atoms with Gasteiger partial charge in [0.1, 0.15) is 11.6 Å². The fourth-order valence-electron chi connectivity index (χ4n) is 3.73. The predicted octanol–water partition coefficient (Wildman–Crippen LogP) is 4.47. The fraction of sp³-hybridized carbons (Fsp3) is 0.409. The number of para-hydroxylation sites is 1. The lowest BCUT2D eigenvalue weighted by molar-refractivity contribution is -0.116. The van der Waals surface area contributed by atoms with Crippen LogP contribution in [0.1, 0.15) is 54.5 Å². The molecule has 1 heterocycles. The first-order valence-electron chi connectivity index (χ1n) is 9.67. The van der Waals surface area contributed by atoms with Gasteiger partial charge in [0.15, 0.2) is 0 Å². The number of carbonyl (C=O) groups is 1. The van der Waals surface area contributed by atoms with Gasteiger partial charge in [-0.15, -0.1) is 11.8 Å². The molecular weight excluding hydrogens is 370 g/mol. The van der Waals surface area contributed by atoms with Crippen molar-refractivity contribution in [2.75, 3.05) is 5.32 Å². The number of rotatable bonds is 6. The van der Waals surface area contributed by atoms with Crippen LogP contribution in [-0.4, -0.2) is 16.1 Å². The topological polar surface area (TPSA) is 85.8 Å². The highest BCUT2D eigenvalue weighted by Gasteiger charge is 2.18. The van der Waals surface area contributed by atoms with Gasteiger partial charge < -0.3 is 10.3 Å². The lowest BCUT2D eigenvalue weighted by Gasteiger charge is -2.15. The average Bonchev–Trinajstić information content (AvgIpc) is 3.16. The molecule has 1 saturated carbocycles. The minimum atomic E-state index is -0.372. The van der Waals surface area contributed by atoms with E-state index in [0.717, 1.165) is 16.1 Å². The third kappa shape index (κ3) is 4.66. The number of thioether (sulfide) groups is 1. The number of nitrogens with zero attached hydrogens (tertiary/aromatic N) is 1. The number of nitriles is 1. The molecule has 0 spiro atoms. The third-order valence-electron chi connectivity index (χ3n) is 5.28. The van der Waals surface area contributed by atoms with Crippen molar-refractivity contribution in [1.82, 2.24) is 4.98 Å². The Morgan fingerprint density at radius 2 is 2.00 bits per heavy atom. The van der Waals surface area contributed by atoms with Gasteiger partial charge in [0.25, 0.3) is 5.56 Å². The Bertz CT molecular complexity index is 969. The van der Waals surface area contributed by atoms with Crippen LogP contribution >= 0.6 is 11.8 Å². The molecule has 1 fully saturated rings. The van der Waals surface area contributed by atoms with Gasteiger partial charge in [-0.2, -0.15) is 5.26 Å². The summed E-state index contributed by atoms with van der Waals surface area (Å²) in [5.74, 6) is -0.0667. The average molecular weight is 396 g/mol. The number of anilines is 1. The number of carbonyl (C=O) groups excluding carboxylic acids is 1. The van der Waals surface area contributed by atoms with E-state index in [1.54, 1.807) is 13.8 Å². The summed E-state index contributed by atoms with van der Waals surface area (Å²) in [7, 11) is 0. The van der Waals surface area contributed by atoms with Crippen LogP contribution in [0.15, 0.2) is 34.0 Å². The van der Waals surface area contributed by atoms with Gasteiger partial charge in [0, 0.05) is 22.3 Å². The summed E-state index contributed by atoms with van der Waals surface area (Å²) in [5, 5.41) is 12.9. The molecule has 0 aliphatic heterocycles. The number of pyridine rings is 1.